The number of amides is 1. The number of benzene rings is 1. The maximum absolute atomic E-state index is 12.7. The smallest absolute Gasteiger partial charge is 0.231 e. The van der Waals surface area contributed by atoms with Gasteiger partial charge in [-0.1, -0.05) is 22.9 Å². The number of carbonyl (C=O) groups excluding carboxylic acids is 1. The van der Waals surface area contributed by atoms with Gasteiger partial charge < -0.3 is 11.1 Å². The second kappa shape index (κ2) is 6.58. The van der Waals surface area contributed by atoms with Crippen molar-refractivity contribution in [1.82, 2.24) is 0 Å². The fraction of sp³-hybridized carbons (Fsp3) is 0.533. The molecule has 3 N–H and O–H groups in total. The zero-order valence-corrected chi connectivity index (χ0v) is 14.8. The van der Waals surface area contributed by atoms with Crippen LogP contribution in [0.25, 0.3) is 0 Å². The van der Waals surface area contributed by atoms with Crippen LogP contribution in [0.4, 0.5) is 5.69 Å². The summed E-state index contributed by atoms with van der Waals surface area (Å²) < 4.78 is 1.82. The quantitative estimate of drug-likeness (QED) is 0.790. The van der Waals surface area contributed by atoms with Gasteiger partial charge in [-0.05, 0) is 65.7 Å². The van der Waals surface area contributed by atoms with Crippen molar-refractivity contribution < 1.29 is 4.79 Å². The molecule has 1 fully saturated rings. The van der Waals surface area contributed by atoms with Gasteiger partial charge >= 0.3 is 0 Å². The third-order valence-electron chi connectivity index (χ3n) is 4.28. The molecule has 2 rings (SSSR count). The van der Waals surface area contributed by atoms with Gasteiger partial charge in [0.15, 0.2) is 0 Å². The van der Waals surface area contributed by atoms with Gasteiger partial charge in [0.25, 0.3) is 0 Å². The molecule has 1 aromatic carbocycles. The molecule has 0 spiro atoms. The van der Waals surface area contributed by atoms with Gasteiger partial charge in [-0.25, -0.2) is 0 Å². The largest absolute Gasteiger partial charge is 0.329 e. The van der Waals surface area contributed by atoms with Crippen molar-refractivity contribution in [3.63, 3.8) is 0 Å². The SMILES string of the molecule is CC1CCC(CN)(C(=O)Nc2cc(Br)ccc2Br)CC1. The van der Waals surface area contributed by atoms with Crippen molar-refractivity contribution in [2.24, 2.45) is 17.1 Å². The van der Waals surface area contributed by atoms with Crippen LogP contribution in [-0.2, 0) is 4.79 Å². The van der Waals surface area contributed by atoms with Gasteiger partial charge in [0.05, 0.1) is 11.1 Å². The fourth-order valence-electron chi connectivity index (χ4n) is 2.69. The van der Waals surface area contributed by atoms with Crippen molar-refractivity contribution in [3.8, 4) is 0 Å². The van der Waals surface area contributed by atoms with E-state index in [-0.39, 0.29) is 5.91 Å². The number of nitrogens with two attached hydrogens (primary N) is 1. The van der Waals surface area contributed by atoms with E-state index in [4.69, 9.17) is 5.73 Å². The molecule has 0 aromatic heterocycles. The van der Waals surface area contributed by atoms with E-state index in [1.165, 1.54) is 0 Å². The summed E-state index contributed by atoms with van der Waals surface area (Å²) in [4.78, 5) is 12.7. The maximum atomic E-state index is 12.7. The summed E-state index contributed by atoms with van der Waals surface area (Å²) in [7, 11) is 0. The van der Waals surface area contributed by atoms with Gasteiger partial charge in [-0.15, -0.1) is 0 Å². The first-order valence-corrected chi connectivity index (χ1v) is 8.52. The minimum absolute atomic E-state index is 0.0469. The lowest BCUT2D eigenvalue weighted by Crippen LogP contribution is -2.44. The second-order valence-electron chi connectivity index (χ2n) is 5.75. The number of nitrogens with one attached hydrogen (secondary N) is 1. The first kappa shape index (κ1) is 16.0. The molecule has 1 aliphatic rings. The lowest BCUT2D eigenvalue weighted by atomic mass is 9.70. The Labute approximate surface area is 136 Å². The number of anilines is 1. The first-order chi connectivity index (χ1) is 9.47. The number of hydrogen-bond donors (Lipinski definition) is 2. The highest BCUT2D eigenvalue weighted by atomic mass is 79.9. The maximum Gasteiger partial charge on any atom is 0.231 e. The van der Waals surface area contributed by atoms with E-state index in [1.54, 1.807) is 0 Å². The molecule has 0 bridgehead atoms. The molecule has 0 radical (unpaired) electrons. The number of hydrogen-bond acceptors (Lipinski definition) is 2. The summed E-state index contributed by atoms with van der Waals surface area (Å²) in [6, 6.07) is 5.75. The average molecular weight is 404 g/mol. The molecule has 0 aliphatic heterocycles. The van der Waals surface area contributed by atoms with E-state index >= 15 is 0 Å². The standard InChI is InChI=1S/C15H20Br2N2O/c1-10-4-6-15(9-18,7-5-10)14(20)19-13-8-11(16)2-3-12(13)17/h2-3,8,10H,4-7,9,18H2,1H3,(H,19,20). The fourth-order valence-corrected chi connectivity index (χ4v) is 3.39. The Morgan fingerprint density at radius 1 is 1.40 bits per heavy atom. The van der Waals surface area contributed by atoms with Crippen LogP contribution in [0.15, 0.2) is 27.1 Å². The van der Waals surface area contributed by atoms with Crippen LogP contribution in [0.2, 0.25) is 0 Å². The Morgan fingerprint density at radius 3 is 2.65 bits per heavy atom. The molecule has 20 heavy (non-hydrogen) atoms. The van der Waals surface area contributed by atoms with Crippen LogP contribution in [0.5, 0.6) is 0 Å². The van der Waals surface area contributed by atoms with Gasteiger partial charge in [-0.3, -0.25) is 4.79 Å². The number of carbonyl (C=O) groups is 1. The summed E-state index contributed by atoms with van der Waals surface area (Å²) >= 11 is 6.89. The monoisotopic (exact) mass is 402 g/mol. The molecule has 1 aromatic rings. The highest BCUT2D eigenvalue weighted by Gasteiger charge is 2.39. The first-order valence-electron chi connectivity index (χ1n) is 6.93. The lowest BCUT2D eigenvalue weighted by Gasteiger charge is -2.37. The molecule has 1 amide bonds. The zero-order chi connectivity index (χ0) is 14.8. The lowest BCUT2D eigenvalue weighted by molar-refractivity contribution is -0.127. The van der Waals surface area contributed by atoms with E-state index in [9.17, 15) is 4.79 Å². The molecule has 0 unspecified atom stereocenters. The van der Waals surface area contributed by atoms with Crippen molar-refractivity contribution >= 4 is 43.5 Å². The van der Waals surface area contributed by atoms with Gasteiger partial charge in [0, 0.05) is 15.5 Å². The average Bonchev–Trinajstić information content (AvgIpc) is 2.44. The van der Waals surface area contributed by atoms with Crippen molar-refractivity contribution in [2.75, 3.05) is 11.9 Å². The molecule has 3 nitrogen and oxygen atoms in total. The van der Waals surface area contributed by atoms with Gasteiger partial charge in [-0.2, -0.15) is 0 Å². The predicted octanol–water partition coefficient (Wildman–Crippen LogP) is 4.31. The molecule has 1 aliphatic carbocycles. The Balaban J connectivity index is 2.15. The van der Waals surface area contributed by atoms with Crippen LogP contribution in [-0.4, -0.2) is 12.5 Å². The summed E-state index contributed by atoms with van der Waals surface area (Å²) in [5, 5.41) is 3.03. The summed E-state index contributed by atoms with van der Waals surface area (Å²) in [5.41, 5.74) is 6.30. The third-order valence-corrected chi connectivity index (χ3v) is 5.47. The highest BCUT2D eigenvalue weighted by molar-refractivity contribution is 9.11. The Morgan fingerprint density at radius 2 is 2.05 bits per heavy atom. The topological polar surface area (TPSA) is 55.1 Å². The highest BCUT2D eigenvalue weighted by Crippen LogP contribution is 2.39. The molecule has 0 heterocycles. The predicted molar refractivity (Wildman–Crippen MR) is 89.6 cm³/mol. The van der Waals surface area contributed by atoms with Crippen LogP contribution >= 0.6 is 31.9 Å². The van der Waals surface area contributed by atoms with E-state index in [0.717, 1.165) is 40.3 Å². The molecule has 110 valence electrons. The molecule has 0 saturated heterocycles. The van der Waals surface area contributed by atoms with Crippen LogP contribution in [0.1, 0.15) is 32.6 Å². The molecule has 1 saturated carbocycles. The zero-order valence-electron chi connectivity index (χ0n) is 11.6. The molecule has 0 atom stereocenters. The van der Waals surface area contributed by atoms with E-state index in [0.29, 0.717) is 12.5 Å². The van der Waals surface area contributed by atoms with E-state index in [1.807, 2.05) is 18.2 Å². The molecular weight excluding hydrogens is 384 g/mol. The number of halogens is 2. The van der Waals surface area contributed by atoms with E-state index in [2.05, 4.69) is 44.1 Å². The molecular formula is C15H20Br2N2O. The summed E-state index contributed by atoms with van der Waals surface area (Å²) in [6.45, 7) is 2.65. The Bertz CT molecular complexity index is 497. The summed E-state index contributed by atoms with van der Waals surface area (Å²) in [5.74, 6) is 0.741. The third kappa shape index (κ3) is 3.43. The van der Waals surface area contributed by atoms with E-state index < -0.39 is 5.41 Å². The van der Waals surface area contributed by atoms with Gasteiger partial charge in [0.1, 0.15) is 0 Å². The van der Waals surface area contributed by atoms with Crippen molar-refractivity contribution in [2.45, 2.75) is 32.6 Å². The van der Waals surface area contributed by atoms with Gasteiger partial charge in [0.2, 0.25) is 5.91 Å². The Hall–Kier alpha value is -0.390. The molecule has 5 heteroatoms. The van der Waals surface area contributed by atoms with Crippen molar-refractivity contribution in [1.29, 1.82) is 0 Å². The van der Waals surface area contributed by atoms with Crippen LogP contribution in [0, 0.1) is 11.3 Å². The number of rotatable bonds is 3. The minimum Gasteiger partial charge on any atom is -0.329 e. The van der Waals surface area contributed by atoms with Crippen LogP contribution in [0.3, 0.4) is 0 Å². The van der Waals surface area contributed by atoms with Crippen molar-refractivity contribution in [3.05, 3.63) is 27.1 Å². The normalized spacial score (nSPS) is 26.3. The minimum atomic E-state index is -0.408. The second-order valence-corrected chi connectivity index (χ2v) is 7.52. The Kier molecular flexibility index (Phi) is 5.26. The van der Waals surface area contributed by atoms with Crippen LogP contribution < -0.4 is 11.1 Å². The summed E-state index contributed by atoms with van der Waals surface area (Å²) in [6.07, 6.45) is 3.90.